The predicted molar refractivity (Wildman–Crippen MR) is 426 cm³/mol. The second kappa shape index (κ2) is 22.9. The first-order chi connectivity index (χ1) is 49.7. The highest BCUT2D eigenvalue weighted by molar-refractivity contribution is 7.00. The zero-order valence-corrected chi connectivity index (χ0v) is 58.6. The summed E-state index contributed by atoms with van der Waals surface area (Å²) in [5, 5.41) is 4.60. The molecule has 0 spiro atoms. The van der Waals surface area contributed by atoms with Gasteiger partial charge < -0.3 is 18.9 Å². The third-order valence-electron chi connectivity index (χ3n) is 21.0. The largest absolute Gasteiger partial charge is 0.311 e. The smallest absolute Gasteiger partial charge is 0.252 e. The van der Waals surface area contributed by atoms with Gasteiger partial charge in [-0.15, -0.1) is 0 Å². The molecule has 4 nitrogen and oxygen atoms in total. The fourth-order valence-electron chi connectivity index (χ4n) is 15.7. The van der Waals surface area contributed by atoms with Crippen LogP contribution in [0.1, 0.15) is 112 Å². The molecule has 0 saturated heterocycles. The summed E-state index contributed by atoms with van der Waals surface area (Å²) in [4.78, 5) is 5.12. The van der Waals surface area contributed by atoms with Crippen molar-refractivity contribution in [2.24, 2.45) is 0 Å². The molecule has 2 aliphatic heterocycles. The molecule has 0 amide bonds. The number of aromatic nitrogens is 2. The summed E-state index contributed by atoms with van der Waals surface area (Å²) >= 11 is 0. The van der Waals surface area contributed by atoms with Crippen molar-refractivity contribution in [3.05, 3.63) is 307 Å². The maximum atomic E-state index is 9.65. The molecule has 0 saturated carbocycles. The van der Waals surface area contributed by atoms with Gasteiger partial charge in [0.1, 0.15) is 0 Å². The first kappa shape index (κ1) is 56.2. The minimum absolute atomic E-state index is 0.140. The van der Waals surface area contributed by atoms with Crippen LogP contribution in [-0.4, -0.2) is 15.8 Å². The lowest BCUT2D eigenvalue weighted by Crippen LogP contribution is -2.61. The molecule has 0 radical (unpaired) electrons. The third kappa shape index (κ3) is 10.3. The molecule has 5 heteroatoms. The van der Waals surface area contributed by atoms with E-state index in [4.69, 9.17) is 4.11 Å². The van der Waals surface area contributed by atoms with E-state index in [0.717, 1.165) is 139 Å². The quantitative estimate of drug-likeness (QED) is 0.141. The van der Waals surface area contributed by atoms with Gasteiger partial charge in [0.25, 0.3) is 6.71 Å². The van der Waals surface area contributed by atoms with Crippen LogP contribution in [0.15, 0.2) is 285 Å². The average Bonchev–Trinajstić information content (AvgIpc) is 0.956. The molecule has 482 valence electrons. The molecule has 13 aromatic carbocycles. The van der Waals surface area contributed by atoms with E-state index in [1.54, 1.807) is 0 Å². The zero-order chi connectivity index (χ0) is 72.4. The van der Waals surface area contributed by atoms with Crippen molar-refractivity contribution >= 4 is 101 Å². The van der Waals surface area contributed by atoms with Crippen molar-refractivity contribution in [2.45, 2.75) is 105 Å². The van der Waals surface area contributed by atoms with Gasteiger partial charge in [0.2, 0.25) is 0 Å². The number of fused-ring (bicyclic) bond motifs is 10. The predicted octanol–water partition coefficient (Wildman–Crippen LogP) is 23.8. The van der Waals surface area contributed by atoms with Crippen LogP contribution in [0.5, 0.6) is 0 Å². The first-order valence-electron chi connectivity index (χ1n) is 37.4. The fraction of sp³-hybridized carbons (Fsp3) is 0.170. The zero-order valence-electron chi connectivity index (χ0n) is 63.6. The van der Waals surface area contributed by atoms with Gasteiger partial charge >= 0.3 is 0 Å². The molecule has 99 heavy (non-hydrogen) atoms. The van der Waals surface area contributed by atoms with Crippen LogP contribution in [0.25, 0.3) is 99.5 Å². The lowest BCUT2D eigenvalue weighted by atomic mass is 9.33. The van der Waals surface area contributed by atoms with Gasteiger partial charge in [-0.05, 0) is 173 Å². The number of anilines is 6. The Morgan fingerprint density at radius 1 is 0.283 bits per heavy atom. The van der Waals surface area contributed by atoms with E-state index in [2.05, 4.69) is 351 Å². The lowest BCUT2D eigenvalue weighted by molar-refractivity contribution is 0.569. The number of rotatable bonds is 8. The van der Waals surface area contributed by atoms with E-state index in [9.17, 15) is 2.74 Å². The van der Waals surface area contributed by atoms with Crippen molar-refractivity contribution in [3.63, 3.8) is 0 Å². The number of para-hydroxylation sites is 5. The van der Waals surface area contributed by atoms with Crippen molar-refractivity contribution in [1.29, 1.82) is 0 Å². The second-order valence-electron chi connectivity index (χ2n) is 31.4. The summed E-state index contributed by atoms with van der Waals surface area (Å²) in [5.74, 6) is 0. The Labute approximate surface area is 591 Å². The van der Waals surface area contributed by atoms with Crippen LogP contribution in [-0.2, 0) is 21.7 Å². The standard InChI is InChI=1S/C94H83BN4/c1-91(2,3)66-46-50-82(76(57-66)61-31-18-14-19-32-61)98-86-54-63(65-51-67(92(4,5)6)56-68(52-65)93(7,8)9)44-48-77(86)95-78-53-62(60-29-16-13-17-30-60)45-49-83(78)99(88-59-69(94(10,11)12)58-87(98)89(88)95)90-71(38-28-42-84(90)97-80-40-26-23-35-72(80)73-36-24-27-41-81(73)97)64-43-47-75-74-37-22-25-39-79(74)96(85(75)55-64)70-33-20-15-21-34-70/h13-59H,1-12H3/i13D,16D,17D,29D,30D. The Balaban J connectivity index is 1.05. The number of nitrogens with zero attached hydrogens (tertiary/aromatic N) is 4. The Morgan fingerprint density at radius 2 is 0.808 bits per heavy atom. The van der Waals surface area contributed by atoms with E-state index in [1.807, 2.05) is 6.07 Å². The highest BCUT2D eigenvalue weighted by Gasteiger charge is 2.46. The lowest BCUT2D eigenvalue weighted by Gasteiger charge is -2.46. The van der Waals surface area contributed by atoms with Crippen molar-refractivity contribution in [3.8, 4) is 55.9 Å². The topological polar surface area (TPSA) is 16.3 Å². The van der Waals surface area contributed by atoms with Gasteiger partial charge in [-0.1, -0.05) is 289 Å². The minimum atomic E-state index is -0.466. The summed E-state index contributed by atoms with van der Waals surface area (Å²) in [7, 11) is 0. The monoisotopic (exact) mass is 1280 g/mol. The molecule has 0 atom stereocenters. The fourth-order valence-corrected chi connectivity index (χ4v) is 15.7. The average molecular weight is 1280 g/mol. The Morgan fingerprint density at radius 3 is 1.43 bits per heavy atom. The summed E-state index contributed by atoms with van der Waals surface area (Å²) in [6.45, 7) is 27.2. The van der Waals surface area contributed by atoms with E-state index in [1.165, 1.54) is 22.1 Å². The van der Waals surface area contributed by atoms with Crippen LogP contribution in [0.2, 0.25) is 0 Å². The second-order valence-corrected chi connectivity index (χ2v) is 31.4. The molecule has 4 heterocycles. The summed E-state index contributed by atoms with van der Waals surface area (Å²) < 4.78 is 51.3. The number of hydrogen-bond donors (Lipinski definition) is 0. The van der Waals surface area contributed by atoms with Gasteiger partial charge in [0.05, 0.1) is 46.0 Å². The van der Waals surface area contributed by atoms with Gasteiger partial charge in [0.15, 0.2) is 0 Å². The van der Waals surface area contributed by atoms with Crippen LogP contribution in [0.3, 0.4) is 0 Å². The summed E-state index contributed by atoms with van der Waals surface area (Å²) in [6, 6.07) is 92.5. The van der Waals surface area contributed by atoms with E-state index >= 15 is 0 Å². The van der Waals surface area contributed by atoms with E-state index < -0.39 is 18.2 Å². The van der Waals surface area contributed by atoms with Crippen LogP contribution >= 0.6 is 0 Å². The van der Waals surface area contributed by atoms with Crippen LogP contribution < -0.4 is 26.2 Å². The van der Waals surface area contributed by atoms with Gasteiger partial charge in [0, 0.05) is 61.1 Å². The highest BCUT2D eigenvalue weighted by Crippen LogP contribution is 2.54. The van der Waals surface area contributed by atoms with Crippen molar-refractivity contribution < 1.29 is 6.85 Å². The highest BCUT2D eigenvalue weighted by atomic mass is 15.2. The molecule has 0 bridgehead atoms. The number of hydrogen-bond acceptors (Lipinski definition) is 2. The SMILES string of the molecule is [2H]c1c([2H])c([2H])c(-c2ccc3c(c2)B2c4ccc(-c5cc(C(C)(C)C)cc(C(C)(C)C)c5)cc4N(c4ccc(C(C)(C)C)cc4-c4ccccc4)c4cc(C(C)(C)C)cc(c42)N3c2c(-c3ccc4c5ccccc5n(-c5ccccc5)c4c3)cccc2-n2c3ccccc3c3ccccc32)c([2H])c1[2H]. The van der Waals surface area contributed by atoms with Gasteiger partial charge in [-0.25, -0.2) is 0 Å². The number of benzene rings is 13. The molecule has 0 unspecified atom stereocenters. The van der Waals surface area contributed by atoms with Crippen LogP contribution in [0, 0.1) is 0 Å². The first-order valence-corrected chi connectivity index (χ1v) is 34.9. The van der Waals surface area contributed by atoms with Crippen LogP contribution in [0.4, 0.5) is 34.1 Å². The summed E-state index contributed by atoms with van der Waals surface area (Å²) in [6.07, 6.45) is 0. The van der Waals surface area contributed by atoms with E-state index in [0.29, 0.717) is 5.56 Å². The molecule has 15 aromatic rings. The van der Waals surface area contributed by atoms with Gasteiger partial charge in [-0.2, -0.15) is 0 Å². The maximum absolute atomic E-state index is 9.65. The molecule has 0 N–H and O–H groups in total. The minimum Gasteiger partial charge on any atom is -0.311 e. The summed E-state index contributed by atoms with van der Waals surface area (Å²) in [5.41, 5.74) is 26.6. The molecular weight excluding hydrogens is 1200 g/mol. The molecule has 0 aliphatic carbocycles. The van der Waals surface area contributed by atoms with Crippen molar-refractivity contribution in [2.75, 3.05) is 9.80 Å². The Hall–Kier alpha value is -10.9. The normalized spacial score (nSPS) is 13.9. The molecule has 0 fully saturated rings. The maximum Gasteiger partial charge on any atom is 0.252 e. The van der Waals surface area contributed by atoms with Gasteiger partial charge in [-0.3, -0.25) is 0 Å². The Bertz CT molecular complexity index is 5940. The van der Waals surface area contributed by atoms with E-state index in [-0.39, 0.29) is 46.0 Å². The molecular formula is C94H83BN4. The van der Waals surface area contributed by atoms with Crippen molar-refractivity contribution in [1.82, 2.24) is 9.13 Å². The molecule has 17 rings (SSSR count). The molecule has 2 aliphatic rings. The molecule has 2 aromatic heterocycles. The Kier molecular flexibility index (Phi) is 13.0. The third-order valence-corrected chi connectivity index (χ3v) is 21.0.